The van der Waals surface area contributed by atoms with Gasteiger partial charge < -0.3 is 15.2 Å². The van der Waals surface area contributed by atoms with Gasteiger partial charge in [0.2, 0.25) is 0 Å². The van der Waals surface area contributed by atoms with Crippen molar-refractivity contribution in [2.75, 3.05) is 13.2 Å². The minimum atomic E-state index is -5.08. The second kappa shape index (κ2) is 9.20. The van der Waals surface area contributed by atoms with Crippen LogP contribution in [0.4, 0.5) is 17.6 Å². The third-order valence-corrected chi connectivity index (χ3v) is 6.74. The van der Waals surface area contributed by atoms with Gasteiger partial charge in [-0.05, 0) is 31.2 Å². The minimum absolute atomic E-state index is 0.0688. The van der Waals surface area contributed by atoms with Crippen molar-refractivity contribution >= 4 is 38.5 Å². The van der Waals surface area contributed by atoms with Crippen molar-refractivity contribution in [2.24, 2.45) is 0 Å². The molecule has 3 aromatic rings. The van der Waals surface area contributed by atoms with E-state index in [1.165, 1.54) is 24.4 Å². The molecule has 7 nitrogen and oxygen atoms in total. The van der Waals surface area contributed by atoms with Crippen LogP contribution in [0.2, 0.25) is 5.02 Å². The van der Waals surface area contributed by atoms with Gasteiger partial charge in [-0.15, -0.1) is 0 Å². The number of halogens is 5. The number of hydrogen-bond acceptors (Lipinski definition) is 5. The lowest BCUT2D eigenvalue weighted by Crippen LogP contribution is -2.21. The molecule has 0 fully saturated rings. The minimum Gasteiger partial charge on any atom is -0.492 e. The fourth-order valence-corrected chi connectivity index (χ4v) is 5.10. The molecule has 0 aliphatic carbocycles. The van der Waals surface area contributed by atoms with Crippen LogP contribution < -0.4 is 10.1 Å². The number of rotatable bonds is 2. The van der Waals surface area contributed by atoms with Gasteiger partial charge in [0.05, 0.1) is 10.5 Å². The molecule has 0 saturated carbocycles. The number of carboxylic acids is 1. The summed E-state index contributed by atoms with van der Waals surface area (Å²) in [5.41, 5.74) is 1.18. The zero-order valence-corrected chi connectivity index (χ0v) is 18.4. The molecule has 1 aliphatic heterocycles. The van der Waals surface area contributed by atoms with E-state index in [1.807, 2.05) is 6.92 Å². The summed E-state index contributed by atoms with van der Waals surface area (Å²) in [6.45, 7) is 3.14. The van der Waals surface area contributed by atoms with E-state index in [1.54, 1.807) is 12.1 Å². The maximum absolute atomic E-state index is 14.1. The number of alkyl halides is 3. The zero-order chi connectivity index (χ0) is 24.6. The number of hydrogen-bond donors (Lipinski definition) is 2. The Balaban J connectivity index is 0.000000383. The molecule has 0 saturated heterocycles. The van der Waals surface area contributed by atoms with Crippen molar-refractivity contribution in [2.45, 2.75) is 24.0 Å². The molecule has 2 aromatic carbocycles. The highest BCUT2D eigenvalue weighted by molar-refractivity contribution is 7.90. The van der Waals surface area contributed by atoms with Crippen LogP contribution in [0.5, 0.6) is 5.75 Å². The number of nitrogens with zero attached hydrogens (tertiary/aromatic N) is 1. The van der Waals surface area contributed by atoms with E-state index in [9.17, 15) is 26.0 Å². The number of fused-ring (bicyclic) bond motifs is 3. The maximum Gasteiger partial charge on any atom is 0.490 e. The molecular weight excluding hydrogens is 492 g/mol. The number of carboxylic acid groups (broad SMARTS) is 1. The van der Waals surface area contributed by atoms with E-state index in [2.05, 4.69) is 5.32 Å². The molecule has 2 N–H and O–H groups in total. The molecule has 0 radical (unpaired) electrons. The van der Waals surface area contributed by atoms with Crippen molar-refractivity contribution < 1.29 is 40.6 Å². The van der Waals surface area contributed by atoms with Crippen molar-refractivity contribution in [1.82, 2.24) is 9.29 Å². The fraction of sp³-hybridized carbons (Fsp3) is 0.250. The molecule has 0 spiro atoms. The second-order valence-electron chi connectivity index (χ2n) is 6.91. The number of aliphatic carboxylic acids is 1. The van der Waals surface area contributed by atoms with Crippen molar-refractivity contribution in [1.29, 1.82) is 0 Å². The van der Waals surface area contributed by atoms with Gasteiger partial charge in [-0.2, -0.15) is 13.2 Å². The standard InChI is InChI=1S/C18H16ClFN2O3S.C2HF3O2/c1-11-17-15(25-9-8-21-11)7-6-14-18(17)12(19)10-22(14)26(23,24)16-5-3-2-4-13(16)20;3-2(4,5)1(6)7/h2-7,10-11,21H,8-9H2,1H3;(H,6,7). The lowest BCUT2D eigenvalue weighted by molar-refractivity contribution is -0.192. The predicted molar refractivity (Wildman–Crippen MR) is 112 cm³/mol. The number of ether oxygens (including phenoxy) is 1. The summed E-state index contributed by atoms with van der Waals surface area (Å²) in [5.74, 6) is -2.90. The SMILES string of the molecule is CC1NCCOc2ccc3c(c(Cl)cn3S(=O)(=O)c3ccccc3F)c21.O=C(O)C(F)(F)F. The smallest absolute Gasteiger partial charge is 0.490 e. The van der Waals surface area contributed by atoms with Crippen molar-refractivity contribution in [3.05, 3.63) is 59.0 Å². The Kier molecular flexibility index (Phi) is 6.91. The molecule has 33 heavy (non-hydrogen) atoms. The fourth-order valence-electron chi connectivity index (χ4n) is 3.31. The molecule has 0 amide bonds. The number of aromatic nitrogens is 1. The first kappa shape index (κ1) is 24.8. The van der Waals surface area contributed by atoms with Crippen molar-refractivity contribution in [3.8, 4) is 5.75 Å². The molecule has 1 unspecified atom stereocenters. The quantitative estimate of drug-likeness (QED) is 0.500. The van der Waals surface area contributed by atoms with Crippen LogP contribution in [-0.2, 0) is 14.8 Å². The van der Waals surface area contributed by atoms with Crippen LogP contribution in [-0.4, -0.2) is 42.8 Å². The number of nitrogens with one attached hydrogen (secondary N) is 1. The Morgan fingerprint density at radius 1 is 1.24 bits per heavy atom. The molecule has 4 rings (SSSR count). The Morgan fingerprint density at radius 3 is 2.48 bits per heavy atom. The summed E-state index contributed by atoms with van der Waals surface area (Å²) in [4.78, 5) is 8.50. The lowest BCUT2D eigenvalue weighted by Gasteiger charge is -2.15. The third-order valence-electron chi connectivity index (χ3n) is 4.75. The number of carbonyl (C=O) groups is 1. The van der Waals surface area contributed by atoms with Crippen LogP contribution in [0, 0.1) is 5.82 Å². The second-order valence-corrected chi connectivity index (χ2v) is 9.10. The van der Waals surface area contributed by atoms with Crippen molar-refractivity contribution in [3.63, 3.8) is 0 Å². The van der Waals surface area contributed by atoms with Gasteiger partial charge in [-0.25, -0.2) is 21.6 Å². The van der Waals surface area contributed by atoms with E-state index < -0.39 is 32.9 Å². The first-order valence-electron chi connectivity index (χ1n) is 9.35. The predicted octanol–water partition coefficient (Wildman–Crippen LogP) is 4.35. The van der Waals surface area contributed by atoms with E-state index in [0.717, 1.165) is 15.6 Å². The Hall–Kier alpha value is -2.83. The molecule has 0 bridgehead atoms. The van der Waals surface area contributed by atoms with Gasteiger partial charge in [0.25, 0.3) is 10.0 Å². The van der Waals surface area contributed by atoms with Gasteiger partial charge in [-0.1, -0.05) is 23.7 Å². The van der Waals surface area contributed by atoms with Gasteiger partial charge in [0.15, 0.2) is 0 Å². The average Bonchev–Trinajstić information content (AvgIpc) is 2.96. The van der Waals surface area contributed by atoms with E-state index in [0.29, 0.717) is 29.8 Å². The molecule has 1 aliphatic rings. The van der Waals surface area contributed by atoms with E-state index in [-0.39, 0.29) is 11.1 Å². The van der Waals surface area contributed by atoms with Gasteiger partial charge >= 0.3 is 12.1 Å². The van der Waals surface area contributed by atoms with Crippen LogP contribution in [0.1, 0.15) is 18.5 Å². The molecule has 13 heteroatoms. The Bertz CT molecular complexity index is 1310. The Morgan fingerprint density at radius 2 is 1.88 bits per heavy atom. The largest absolute Gasteiger partial charge is 0.492 e. The average molecular weight is 509 g/mol. The molecule has 178 valence electrons. The molecule has 2 heterocycles. The topological polar surface area (TPSA) is 97.6 Å². The normalized spacial score (nSPS) is 16.2. The van der Waals surface area contributed by atoms with Gasteiger partial charge in [0, 0.05) is 29.7 Å². The van der Waals surface area contributed by atoms with Gasteiger partial charge in [-0.3, -0.25) is 0 Å². The molecule has 1 aromatic heterocycles. The van der Waals surface area contributed by atoms with Crippen LogP contribution in [0.15, 0.2) is 47.5 Å². The van der Waals surface area contributed by atoms with Crippen LogP contribution >= 0.6 is 11.6 Å². The summed E-state index contributed by atoms with van der Waals surface area (Å²) in [6.07, 6.45) is -3.77. The first-order chi connectivity index (χ1) is 15.4. The highest BCUT2D eigenvalue weighted by Crippen LogP contribution is 2.40. The third kappa shape index (κ3) is 4.92. The summed E-state index contributed by atoms with van der Waals surface area (Å²) < 4.78 is 78.7. The zero-order valence-electron chi connectivity index (χ0n) is 16.9. The first-order valence-corrected chi connectivity index (χ1v) is 11.2. The Labute approximate surface area is 190 Å². The maximum atomic E-state index is 14.1. The van der Waals surface area contributed by atoms with E-state index >= 15 is 0 Å². The van der Waals surface area contributed by atoms with E-state index in [4.69, 9.17) is 26.2 Å². The summed E-state index contributed by atoms with van der Waals surface area (Å²) >= 11 is 6.40. The van der Waals surface area contributed by atoms with Crippen LogP contribution in [0.3, 0.4) is 0 Å². The highest BCUT2D eigenvalue weighted by Gasteiger charge is 2.38. The molecular formula is C20H17ClF4N2O5S. The monoisotopic (exact) mass is 508 g/mol. The molecule has 1 atom stereocenters. The summed E-state index contributed by atoms with van der Waals surface area (Å²) in [7, 11) is -4.13. The highest BCUT2D eigenvalue weighted by atomic mass is 35.5. The lowest BCUT2D eigenvalue weighted by atomic mass is 10.0. The summed E-state index contributed by atoms with van der Waals surface area (Å²) in [6, 6.07) is 8.57. The number of benzene rings is 2. The summed E-state index contributed by atoms with van der Waals surface area (Å²) in [5, 5.41) is 11.3. The van der Waals surface area contributed by atoms with Gasteiger partial charge in [0.1, 0.15) is 23.1 Å². The van der Waals surface area contributed by atoms with Crippen LogP contribution in [0.25, 0.3) is 10.9 Å².